The first-order valence-electron chi connectivity index (χ1n) is 8.36. The summed E-state index contributed by atoms with van der Waals surface area (Å²) in [5.74, 6) is 0.275. The van der Waals surface area contributed by atoms with E-state index in [0.717, 1.165) is 33.4 Å². The fourth-order valence-electron chi connectivity index (χ4n) is 3.23. The zero-order valence-electron chi connectivity index (χ0n) is 13.8. The Morgan fingerprint density at radius 3 is 1.20 bits per heavy atom. The maximum atomic E-state index is 10.4. The third-order valence-electron chi connectivity index (χ3n) is 4.36. The highest BCUT2D eigenvalue weighted by Gasteiger charge is 2.15. The molecule has 0 fully saturated rings. The first-order chi connectivity index (χ1) is 12.3. The van der Waals surface area contributed by atoms with Crippen molar-refractivity contribution in [2.24, 2.45) is 0 Å². The van der Waals surface area contributed by atoms with E-state index in [4.69, 9.17) is 0 Å². The number of phenols is 1. The number of rotatable bonds is 3. The molecule has 120 valence electrons. The summed E-state index contributed by atoms with van der Waals surface area (Å²) in [5, 5.41) is 10.4. The van der Waals surface area contributed by atoms with Gasteiger partial charge in [0.1, 0.15) is 5.75 Å². The summed E-state index contributed by atoms with van der Waals surface area (Å²) < 4.78 is 0. The number of aromatic hydroxyl groups is 1. The summed E-state index contributed by atoms with van der Waals surface area (Å²) in [6.07, 6.45) is 0. The number of phenolic OH excluding ortho intramolecular Hbond substituents is 1. The van der Waals surface area contributed by atoms with Crippen LogP contribution in [-0.4, -0.2) is 5.11 Å². The maximum Gasteiger partial charge on any atom is 0.116 e. The average Bonchev–Trinajstić information content (AvgIpc) is 2.69. The number of hydrogen-bond acceptors (Lipinski definition) is 1. The van der Waals surface area contributed by atoms with Crippen molar-refractivity contribution in [1.82, 2.24) is 0 Å². The maximum absolute atomic E-state index is 10.4. The lowest BCUT2D eigenvalue weighted by molar-refractivity contribution is 0.476. The van der Waals surface area contributed by atoms with Crippen molar-refractivity contribution in [2.45, 2.75) is 0 Å². The van der Waals surface area contributed by atoms with Gasteiger partial charge in [0.2, 0.25) is 0 Å². The molecule has 25 heavy (non-hydrogen) atoms. The van der Waals surface area contributed by atoms with Crippen molar-refractivity contribution in [3.05, 3.63) is 103 Å². The zero-order valence-corrected chi connectivity index (χ0v) is 13.8. The Labute approximate surface area is 147 Å². The van der Waals surface area contributed by atoms with Crippen LogP contribution in [0, 0.1) is 0 Å². The normalized spacial score (nSPS) is 10.6. The van der Waals surface area contributed by atoms with E-state index in [9.17, 15) is 5.11 Å². The summed E-state index contributed by atoms with van der Waals surface area (Å²) in [6, 6.07) is 34.5. The Balaban J connectivity index is 2.07. The van der Waals surface area contributed by atoms with Gasteiger partial charge < -0.3 is 5.11 Å². The lowest BCUT2D eigenvalue weighted by atomic mass is 9.87. The summed E-state index contributed by atoms with van der Waals surface area (Å²) in [6.45, 7) is 0. The zero-order chi connectivity index (χ0) is 17.1. The van der Waals surface area contributed by atoms with Crippen LogP contribution >= 0.6 is 0 Å². The average molecular weight is 322 g/mol. The molecular weight excluding hydrogens is 304 g/mol. The Bertz CT molecular complexity index is 914. The highest BCUT2D eigenvalue weighted by molar-refractivity contribution is 5.95. The summed E-state index contributed by atoms with van der Waals surface area (Å²) in [5.41, 5.74) is 6.52. The van der Waals surface area contributed by atoms with Crippen LogP contribution < -0.4 is 0 Å². The summed E-state index contributed by atoms with van der Waals surface area (Å²) in [4.78, 5) is 0. The second-order valence-corrected chi connectivity index (χ2v) is 6.01. The van der Waals surface area contributed by atoms with Crippen molar-refractivity contribution in [3.8, 4) is 39.1 Å². The third-order valence-corrected chi connectivity index (χ3v) is 4.36. The van der Waals surface area contributed by atoms with Gasteiger partial charge in [-0.15, -0.1) is 0 Å². The minimum absolute atomic E-state index is 0.275. The van der Waals surface area contributed by atoms with Crippen LogP contribution in [0.1, 0.15) is 0 Å². The molecule has 0 amide bonds. The first-order valence-corrected chi connectivity index (χ1v) is 8.36. The van der Waals surface area contributed by atoms with Gasteiger partial charge in [-0.2, -0.15) is 0 Å². The molecule has 4 aromatic carbocycles. The molecule has 0 saturated heterocycles. The van der Waals surface area contributed by atoms with Crippen molar-refractivity contribution in [2.75, 3.05) is 0 Å². The second kappa shape index (κ2) is 6.66. The van der Waals surface area contributed by atoms with Crippen molar-refractivity contribution >= 4 is 0 Å². The Morgan fingerprint density at radius 1 is 0.440 bits per heavy atom. The Kier molecular flexibility index (Phi) is 4.05. The van der Waals surface area contributed by atoms with Gasteiger partial charge in [0.25, 0.3) is 0 Å². The quantitative estimate of drug-likeness (QED) is 0.463. The molecule has 1 heteroatoms. The monoisotopic (exact) mass is 322 g/mol. The van der Waals surface area contributed by atoms with Crippen molar-refractivity contribution in [1.29, 1.82) is 0 Å². The molecule has 0 aliphatic carbocycles. The highest BCUT2D eigenvalue weighted by atomic mass is 16.3. The van der Waals surface area contributed by atoms with Gasteiger partial charge in [-0.05, 0) is 45.5 Å². The molecule has 0 bridgehead atoms. The predicted octanol–water partition coefficient (Wildman–Crippen LogP) is 6.39. The molecule has 0 unspecified atom stereocenters. The molecule has 4 rings (SSSR count). The van der Waals surface area contributed by atoms with Crippen LogP contribution in [0.4, 0.5) is 0 Å². The molecule has 0 aliphatic heterocycles. The van der Waals surface area contributed by atoms with E-state index < -0.39 is 0 Å². The minimum Gasteiger partial charge on any atom is -0.508 e. The van der Waals surface area contributed by atoms with E-state index in [2.05, 4.69) is 36.4 Å². The topological polar surface area (TPSA) is 20.2 Å². The molecule has 4 aromatic rings. The van der Waals surface area contributed by atoms with Gasteiger partial charge in [0, 0.05) is 0 Å². The van der Waals surface area contributed by atoms with E-state index in [-0.39, 0.29) is 5.75 Å². The molecule has 0 atom stereocenters. The molecule has 0 spiro atoms. The standard InChI is InChI=1S/C24H18O/c25-21-16-22(18-10-4-1-5-11-18)24(20-14-8-3-9-15-20)23(17-21)19-12-6-2-7-13-19/h1-17,25H. The van der Waals surface area contributed by atoms with Crippen LogP contribution in [0.2, 0.25) is 0 Å². The van der Waals surface area contributed by atoms with Crippen LogP contribution in [-0.2, 0) is 0 Å². The molecule has 1 N–H and O–H groups in total. The minimum atomic E-state index is 0.275. The Morgan fingerprint density at radius 2 is 0.800 bits per heavy atom. The molecule has 1 nitrogen and oxygen atoms in total. The fraction of sp³-hybridized carbons (Fsp3) is 0. The van der Waals surface area contributed by atoms with Gasteiger partial charge in [0.15, 0.2) is 0 Å². The molecule has 0 aliphatic rings. The molecule has 0 heterocycles. The Hall–Kier alpha value is -3.32. The SMILES string of the molecule is Oc1cc(-c2ccccc2)c(-c2ccccc2)c(-c2ccccc2)c1. The van der Waals surface area contributed by atoms with Gasteiger partial charge >= 0.3 is 0 Å². The van der Waals surface area contributed by atoms with Gasteiger partial charge in [0.05, 0.1) is 0 Å². The predicted molar refractivity (Wildman–Crippen MR) is 104 cm³/mol. The van der Waals surface area contributed by atoms with Crippen LogP contribution in [0.3, 0.4) is 0 Å². The van der Waals surface area contributed by atoms with Crippen molar-refractivity contribution in [3.63, 3.8) is 0 Å². The van der Waals surface area contributed by atoms with E-state index >= 15 is 0 Å². The van der Waals surface area contributed by atoms with Crippen LogP contribution in [0.15, 0.2) is 103 Å². The largest absolute Gasteiger partial charge is 0.508 e. The lowest BCUT2D eigenvalue weighted by Crippen LogP contribution is -1.90. The summed E-state index contributed by atoms with van der Waals surface area (Å²) >= 11 is 0. The molecular formula is C24H18O. The molecule has 0 saturated carbocycles. The fourth-order valence-corrected chi connectivity index (χ4v) is 3.23. The number of benzene rings is 4. The van der Waals surface area contributed by atoms with Crippen molar-refractivity contribution < 1.29 is 5.11 Å². The second-order valence-electron chi connectivity index (χ2n) is 6.01. The molecule has 0 radical (unpaired) electrons. The van der Waals surface area contributed by atoms with E-state index in [1.807, 2.05) is 66.7 Å². The van der Waals surface area contributed by atoms with E-state index in [0.29, 0.717) is 0 Å². The van der Waals surface area contributed by atoms with Gasteiger partial charge in [-0.3, -0.25) is 0 Å². The van der Waals surface area contributed by atoms with E-state index in [1.54, 1.807) is 0 Å². The van der Waals surface area contributed by atoms with E-state index in [1.165, 1.54) is 0 Å². The molecule has 0 aromatic heterocycles. The smallest absolute Gasteiger partial charge is 0.116 e. The highest BCUT2D eigenvalue weighted by Crippen LogP contribution is 2.42. The summed E-state index contributed by atoms with van der Waals surface area (Å²) in [7, 11) is 0. The number of hydrogen-bond donors (Lipinski definition) is 1. The van der Waals surface area contributed by atoms with Gasteiger partial charge in [-0.1, -0.05) is 91.0 Å². The first kappa shape index (κ1) is 15.2. The lowest BCUT2D eigenvalue weighted by Gasteiger charge is -2.17. The van der Waals surface area contributed by atoms with Crippen LogP contribution in [0.25, 0.3) is 33.4 Å². The third kappa shape index (κ3) is 3.05. The van der Waals surface area contributed by atoms with Crippen LogP contribution in [0.5, 0.6) is 5.75 Å². The van der Waals surface area contributed by atoms with Gasteiger partial charge in [-0.25, -0.2) is 0 Å².